The molecule has 0 radical (unpaired) electrons. The highest BCUT2D eigenvalue weighted by Gasteiger charge is 2.24. The van der Waals surface area contributed by atoms with E-state index in [1.165, 1.54) is 5.56 Å². The van der Waals surface area contributed by atoms with Gasteiger partial charge in [-0.1, -0.05) is 18.2 Å². The highest BCUT2D eigenvalue weighted by Crippen LogP contribution is 2.29. The van der Waals surface area contributed by atoms with Gasteiger partial charge >= 0.3 is 0 Å². The van der Waals surface area contributed by atoms with E-state index in [0.717, 1.165) is 12.1 Å². The Hall–Kier alpha value is -2.37. The quantitative estimate of drug-likeness (QED) is 0.863. The number of fused-ring (bicyclic) bond motifs is 1. The van der Waals surface area contributed by atoms with Crippen LogP contribution in [0.1, 0.15) is 22.3 Å². The van der Waals surface area contributed by atoms with Crippen LogP contribution in [-0.2, 0) is 11.2 Å². The van der Waals surface area contributed by atoms with Crippen molar-refractivity contribution in [3.8, 4) is 0 Å². The van der Waals surface area contributed by atoms with Crippen LogP contribution in [0.25, 0.3) is 0 Å². The minimum Gasteiger partial charge on any atom is -0.326 e. The molecule has 0 aliphatic carbocycles. The number of carbonyl (C=O) groups is 2. The number of hydrogen-bond donors (Lipinski definition) is 2. The predicted octanol–water partition coefficient (Wildman–Crippen LogP) is 2.86. The van der Waals surface area contributed by atoms with Gasteiger partial charge in [0.2, 0.25) is 5.91 Å². The average Bonchev–Trinajstić information content (AvgIpc) is 3.04. The van der Waals surface area contributed by atoms with E-state index in [4.69, 9.17) is 0 Å². The molecular weight excluding hydrogens is 338 g/mol. The first-order valence-corrected chi connectivity index (χ1v) is 8.13. The van der Waals surface area contributed by atoms with E-state index >= 15 is 0 Å². The number of nitrogens with one attached hydrogen (secondary N) is 2. The molecule has 1 aliphatic rings. The fourth-order valence-electron chi connectivity index (χ4n) is 2.86. The molecule has 0 fully saturated rings. The zero-order chi connectivity index (χ0) is 16.9. The molecule has 132 valence electrons. The van der Waals surface area contributed by atoms with Gasteiger partial charge in [-0.2, -0.15) is 0 Å². The summed E-state index contributed by atoms with van der Waals surface area (Å²) in [5, 5.41) is 5.76. The summed E-state index contributed by atoms with van der Waals surface area (Å²) < 4.78 is 0. The molecule has 0 atom stereocenters. The molecule has 6 heteroatoms. The Labute approximate surface area is 153 Å². The number of nitrogens with zero attached hydrogens (tertiary/aromatic N) is 1. The van der Waals surface area contributed by atoms with E-state index in [1.54, 1.807) is 24.3 Å². The van der Waals surface area contributed by atoms with Gasteiger partial charge in [0.25, 0.3) is 5.91 Å². The van der Waals surface area contributed by atoms with Crippen LogP contribution in [0.3, 0.4) is 0 Å². The summed E-state index contributed by atoms with van der Waals surface area (Å²) in [6.07, 6.45) is 1.31. The summed E-state index contributed by atoms with van der Waals surface area (Å²) >= 11 is 0. The molecule has 2 amide bonds. The first kappa shape index (κ1) is 19.0. The largest absolute Gasteiger partial charge is 0.326 e. The van der Waals surface area contributed by atoms with Crippen LogP contribution in [0.2, 0.25) is 0 Å². The summed E-state index contributed by atoms with van der Waals surface area (Å²) in [6.45, 7) is 1.34. The molecule has 0 aromatic heterocycles. The lowest BCUT2D eigenvalue weighted by Crippen LogP contribution is -2.28. The van der Waals surface area contributed by atoms with E-state index in [9.17, 15) is 9.59 Å². The Kier molecular flexibility index (Phi) is 6.56. The van der Waals surface area contributed by atoms with Gasteiger partial charge in [0.1, 0.15) is 0 Å². The van der Waals surface area contributed by atoms with Gasteiger partial charge in [0.15, 0.2) is 0 Å². The van der Waals surface area contributed by atoms with Gasteiger partial charge < -0.3 is 15.5 Å². The smallest absolute Gasteiger partial charge is 0.258 e. The van der Waals surface area contributed by atoms with Crippen molar-refractivity contribution in [2.45, 2.75) is 12.8 Å². The summed E-state index contributed by atoms with van der Waals surface area (Å²) in [4.78, 5) is 26.2. The Morgan fingerprint density at radius 2 is 1.80 bits per heavy atom. The standard InChI is InChI=1S/C19H21N3O2.ClH/c1-20-12-10-18(23)21-16-8-6-15(7-9-16)19(24)22-13-11-14-4-2-3-5-17(14)22;/h2-9,20H,10-13H2,1H3,(H,21,23);1H. The van der Waals surface area contributed by atoms with Crippen LogP contribution in [0.15, 0.2) is 48.5 Å². The second-order valence-electron chi connectivity index (χ2n) is 5.81. The van der Waals surface area contributed by atoms with Gasteiger partial charge in [0, 0.05) is 36.4 Å². The molecule has 5 nitrogen and oxygen atoms in total. The SMILES string of the molecule is CNCCC(=O)Nc1ccc(C(=O)N2CCc3ccccc32)cc1.Cl. The zero-order valence-corrected chi connectivity index (χ0v) is 14.9. The van der Waals surface area contributed by atoms with E-state index in [2.05, 4.69) is 16.7 Å². The second-order valence-corrected chi connectivity index (χ2v) is 5.81. The third-order valence-electron chi connectivity index (χ3n) is 4.15. The van der Waals surface area contributed by atoms with Crippen LogP contribution < -0.4 is 15.5 Å². The third kappa shape index (κ3) is 4.38. The summed E-state index contributed by atoms with van der Waals surface area (Å²) in [5.41, 5.74) is 3.53. The van der Waals surface area contributed by atoms with Gasteiger partial charge in [-0.3, -0.25) is 9.59 Å². The fraction of sp³-hybridized carbons (Fsp3) is 0.263. The highest BCUT2D eigenvalue weighted by atomic mass is 35.5. The molecular formula is C19H22ClN3O2. The molecule has 1 aliphatic heterocycles. The number of halogens is 1. The maximum Gasteiger partial charge on any atom is 0.258 e. The minimum absolute atomic E-state index is 0. The van der Waals surface area contributed by atoms with Crippen LogP contribution >= 0.6 is 12.4 Å². The molecule has 1 heterocycles. The number of amides is 2. The first-order chi connectivity index (χ1) is 11.7. The average molecular weight is 360 g/mol. The monoisotopic (exact) mass is 359 g/mol. The molecule has 0 unspecified atom stereocenters. The number of benzene rings is 2. The molecule has 0 saturated carbocycles. The Bertz CT molecular complexity index is 747. The first-order valence-electron chi connectivity index (χ1n) is 8.13. The molecule has 0 saturated heterocycles. The maximum absolute atomic E-state index is 12.7. The van der Waals surface area contributed by atoms with Crippen molar-refractivity contribution < 1.29 is 9.59 Å². The number of para-hydroxylation sites is 1. The number of rotatable bonds is 5. The fourth-order valence-corrected chi connectivity index (χ4v) is 2.86. The van der Waals surface area contributed by atoms with Crippen LogP contribution in [0.4, 0.5) is 11.4 Å². The van der Waals surface area contributed by atoms with Crippen molar-refractivity contribution in [1.29, 1.82) is 0 Å². The Morgan fingerprint density at radius 1 is 1.08 bits per heavy atom. The maximum atomic E-state index is 12.7. The summed E-state index contributed by atoms with van der Waals surface area (Å²) in [6, 6.07) is 15.1. The van der Waals surface area contributed by atoms with Crippen molar-refractivity contribution >= 4 is 35.6 Å². The van der Waals surface area contributed by atoms with Crippen molar-refractivity contribution in [3.63, 3.8) is 0 Å². The van der Waals surface area contributed by atoms with Crippen LogP contribution in [-0.4, -0.2) is 32.0 Å². The van der Waals surface area contributed by atoms with Crippen molar-refractivity contribution in [2.24, 2.45) is 0 Å². The molecule has 0 spiro atoms. The van der Waals surface area contributed by atoms with E-state index in [-0.39, 0.29) is 24.2 Å². The van der Waals surface area contributed by atoms with E-state index in [1.807, 2.05) is 30.1 Å². The zero-order valence-electron chi connectivity index (χ0n) is 14.1. The molecule has 3 rings (SSSR count). The topological polar surface area (TPSA) is 61.4 Å². The molecule has 2 N–H and O–H groups in total. The van der Waals surface area contributed by atoms with Crippen molar-refractivity contribution in [1.82, 2.24) is 5.32 Å². The number of carbonyl (C=O) groups excluding carboxylic acids is 2. The van der Waals surface area contributed by atoms with Gasteiger partial charge in [-0.05, 0) is 49.4 Å². The van der Waals surface area contributed by atoms with Gasteiger partial charge in [-0.25, -0.2) is 0 Å². The minimum atomic E-state index is -0.0445. The van der Waals surface area contributed by atoms with E-state index < -0.39 is 0 Å². The number of hydrogen-bond acceptors (Lipinski definition) is 3. The summed E-state index contributed by atoms with van der Waals surface area (Å²) in [7, 11) is 1.81. The lowest BCUT2D eigenvalue weighted by molar-refractivity contribution is -0.116. The molecule has 25 heavy (non-hydrogen) atoms. The van der Waals surface area contributed by atoms with Crippen molar-refractivity contribution in [3.05, 3.63) is 59.7 Å². The van der Waals surface area contributed by atoms with Crippen LogP contribution in [0, 0.1) is 0 Å². The number of anilines is 2. The Morgan fingerprint density at radius 3 is 2.52 bits per heavy atom. The lowest BCUT2D eigenvalue weighted by atomic mass is 10.1. The summed E-state index contributed by atoms with van der Waals surface area (Å²) in [5.74, 6) is -0.0510. The lowest BCUT2D eigenvalue weighted by Gasteiger charge is -2.17. The third-order valence-corrected chi connectivity index (χ3v) is 4.15. The second kappa shape index (κ2) is 8.65. The molecule has 0 bridgehead atoms. The molecule has 2 aromatic rings. The molecule has 2 aromatic carbocycles. The van der Waals surface area contributed by atoms with Crippen molar-refractivity contribution in [2.75, 3.05) is 30.4 Å². The van der Waals surface area contributed by atoms with Gasteiger partial charge in [-0.15, -0.1) is 12.4 Å². The normalized spacial score (nSPS) is 12.3. The van der Waals surface area contributed by atoms with Gasteiger partial charge in [0.05, 0.1) is 0 Å². The van der Waals surface area contributed by atoms with E-state index in [0.29, 0.717) is 30.8 Å². The van der Waals surface area contributed by atoms with Crippen LogP contribution in [0.5, 0.6) is 0 Å². The highest BCUT2D eigenvalue weighted by molar-refractivity contribution is 6.07. The predicted molar refractivity (Wildman–Crippen MR) is 103 cm³/mol. The Balaban J connectivity index is 0.00000225.